The predicted molar refractivity (Wildman–Crippen MR) is 77.5 cm³/mol. The van der Waals surface area contributed by atoms with Crippen LogP contribution in [0, 0.1) is 5.82 Å². The van der Waals surface area contributed by atoms with Crippen molar-refractivity contribution in [1.82, 2.24) is 4.98 Å². The fraction of sp³-hybridized carbons (Fsp3) is 0.400. The quantitative estimate of drug-likeness (QED) is 0.936. The maximum Gasteiger partial charge on any atom is 0.165 e. The van der Waals surface area contributed by atoms with E-state index >= 15 is 0 Å². The number of aliphatic hydroxyl groups is 1. The number of ether oxygens (including phenoxy) is 1. The van der Waals surface area contributed by atoms with Crippen molar-refractivity contribution in [3.05, 3.63) is 45.7 Å². The average molecular weight is 295 g/mol. The van der Waals surface area contributed by atoms with Crippen LogP contribution in [-0.2, 0) is 18.6 Å². The van der Waals surface area contributed by atoms with Crippen LogP contribution in [0.25, 0.3) is 0 Å². The lowest BCUT2D eigenvalue weighted by Gasteiger charge is -2.16. The molecule has 1 aromatic heterocycles. The minimum atomic E-state index is -0.387. The molecular weight excluding hydrogens is 277 g/mol. The first kappa shape index (κ1) is 14.9. The van der Waals surface area contributed by atoms with Crippen LogP contribution in [0.1, 0.15) is 36.3 Å². The number of aliphatic hydroxyl groups excluding tert-OH is 1. The molecule has 2 aromatic rings. The van der Waals surface area contributed by atoms with Crippen LogP contribution >= 0.6 is 11.3 Å². The lowest BCUT2D eigenvalue weighted by molar-refractivity contribution is 0.281. The third kappa shape index (κ3) is 3.35. The van der Waals surface area contributed by atoms with Crippen LogP contribution < -0.4 is 4.74 Å². The Morgan fingerprint density at radius 1 is 1.30 bits per heavy atom. The zero-order valence-corrected chi connectivity index (χ0v) is 12.6. The number of hydrogen-bond donors (Lipinski definition) is 1. The van der Waals surface area contributed by atoms with Crippen LogP contribution in [0.3, 0.4) is 0 Å². The molecule has 0 aliphatic rings. The van der Waals surface area contributed by atoms with Gasteiger partial charge in [-0.3, -0.25) is 0 Å². The molecule has 0 aliphatic carbocycles. The molecule has 20 heavy (non-hydrogen) atoms. The molecule has 1 aromatic carbocycles. The first-order chi connectivity index (χ1) is 9.41. The standard InChI is InChI=1S/C15H18FNO2S/c1-15(2,3)14-12(8-18)20-13(17-14)9-19-11-7-5-4-6-10(11)16/h4-7,18H,8-9H2,1-3H3. The Kier molecular flexibility index (Phi) is 4.40. The predicted octanol–water partition coefficient (Wildman–Crippen LogP) is 3.65. The number of benzene rings is 1. The number of rotatable bonds is 4. The first-order valence-electron chi connectivity index (χ1n) is 6.39. The highest BCUT2D eigenvalue weighted by molar-refractivity contribution is 7.11. The Morgan fingerprint density at radius 2 is 2.00 bits per heavy atom. The van der Waals surface area contributed by atoms with E-state index in [0.29, 0.717) is 0 Å². The van der Waals surface area contributed by atoms with E-state index in [1.54, 1.807) is 18.2 Å². The summed E-state index contributed by atoms with van der Waals surface area (Å²) < 4.78 is 18.9. The first-order valence-corrected chi connectivity index (χ1v) is 7.20. The van der Waals surface area contributed by atoms with E-state index in [2.05, 4.69) is 4.98 Å². The summed E-state index contributed by atoms with van der Waals surface area (Å²) in [5.74, 6) is -0.173. The summed E-state index contributed by atoms with van der Waals surface area (Å²) in [7, 11) is 0. The Morgan fingerprint density at radius 3 is 2.55 bits per heavy atom. The number of halogens is 1. The average Bonchev–Trinajstić information content (AvgIpc) is 2.81. The number of thiazole rings is 1. The number of hydrogen-bond acceptors (Lipinski definition) is 4. The van der Waals surface area contributed by atoms with Crippen LogP contribution in [0.5, 0.6) is 5.75 Å². The zero-order valence-electron chi connectivity index (χ0n) is 11.8. The van der Waals surface area contributed by atoms with E-state index in [0.717, 1.165) is 15.6 Å². The van der Waals surface area contributed by atoms with Crippen molar-refractivity contribution >= 4 is 11.3 Å². The molecule has 0 atom stereocenters. The van der Waals surface area contributed by atoms with Crippen molar-refractivity contribution in [3.63, 3.8) is 0 Å². The van der Waals surface area contributed by atoms with Gasteiger partial charge in [0.1, 0.15) is 11.6 Å². The molecular formula is C15H18FNO2S. The second-order valence-electron chi connectivity index (χ2n) is 5.51. The molecule has 1 N–H and O–H groups in total. The maximum atomic E-state index is 13.5. The van der Waals surface area contributed by atoms with Gasteiger partial charge < -0.3 is 9.84 Å². The van der Waals surface area contributed by atoms with Crippen molar-refractivity contribution in [2.24, 2.45) is 0 Å². The largest absolute Gasteiger partial charge is 0.483 e. The highest BCUT2D eigenvalue weighted by atomic mass is 32.1. The molecule has 0 bridgehead atoms. The third-order valence-corrected chi connectivity index (χ3v) is 3.80. The van der Waals surface area contributed by atoms with Crippen molar-refractivity contribution in [3.8, 4) is 5.75 Å². The Bertz CT molecular complexity index is 590. The smallest absolute Gasteiger partial charge is 0.165 e. The Balaban J connectivity index is 2.15. The van der Waals surface area contributed by atoms with Gasteiger partial charge >= 0.3 is 0 Å². The van der Waals surface area contributed by atoms with Gasteiger partial charge in [0.25, 0.3) is 0 Å². The summed E-state index contributed by atoms with van der Waals surface area (Å²) in [5, 5.41) is 10.1. The maximum absolute atomic E-state index is 13.5. The third-order valence-electron chi connectivity index (χ3n) is 2.78. The van der Waals surface area contributed by atoms with Crippen LogP contribution in [0.4, 0.5) is 4.39 Å². The number of para-hydroxylation sites is 1. The summed E-state index contributed by atoms with van der Waals surface area (Å²) in [4.78, 5) is 5.35. The molecule has 0 aliphatic heterocycles. The van der Waals surface area contributed by atoms with Gasteiger partial charge in [-0.1, -0.05) is 32.9 Å². The van der Waals surface area contributed by atoms with E-state index in [1.807, 2.05) is 20.8 Å². The fourth-order valence-electron chi connectivity index (χ4n) is 1.86. The highest BCUT2D eigenvalue weighted by Gasteiger charge is 2.23. The summed E-state index contributed by atoms with van der Waals surface area (Å²) in [5.41, 5.74) is 0.738. The number of nitrogens with zero attached hydrogens (tertiary/aromatic N) is 1. The molecule has 0 saturated heterocycles. The molecule has 1 heterocycles. The van der Waals surface area contributed by atoms with Gasteiger partial charge in [0, 0.05) is 5.41 Å². The van der Waals surface area contributed by atoms with Crippen molar-refractivity contribution in [2.45, 2.75) is 39.4 Å². The van der Waals surface area contributed by atoms with E-state index in [-0.39, 0.29) is 30.2 Å². The van der Waals surface area contributed by atoms with Gasteiger partial charge in [-0.05, 0) is 12.1 Å². The molecule has 2 rings (SSSR count). The molecule has 108 valence electrons. The second kappa shape index (κ2) is 5.89. The van der Waals surface area contributed by atoms with Crippen LogP contribution in [-0.4, -0.2) is 10.1 Å². The monoisotopic (exact) mass is 295 g/mol. The van der Waals surface area contributed by atoms with E-state index in [4.69, 9.17) is 4.74 Å². The summed E-state index contributed by atoms with van der Waals surface area (Å²) in [6.07, 6.45) is 0. The summed E-state index contributed by atoms with van der Waals surface area (Å²) in [6.45, 7) is 6.30. The van der Waals surface area contributed by atoms with Gasteiger partial charge in [0.2, 0.25) is 0 Å². The molecule has 5 heteroatoms. The van der Waals surface area contributed by atoms with Gasteiger partial charge in [0.15, 0.2) is 11.6 Å². The van der Waals surface area contributed by atoms with Crippen LogP contribution in [0.15, 0.2) is 24.3 Å². The summed E-state index contributed by atoms with van der Waals surface area (Å²) in [6, 6.07) is 6.28. The Labute approximate surface area is 122 Å². The highest BCUT2D eigenvalue weighted by Crippen LogP contribution is 2.30. The lowest BCUT2D eigenvalue weighted by Crippen LogP contribution is -2.14. The van der Waals surface area contributed by atoms with E-state index in [9.17, 15) is 9.50 Å². The van der Waals surface area contributed by atoms with Crippen molar-refractivity contribution in [1.29, 1.82) is 0 Å². The van der Waals surface area contributed by atoms with Crippen molar-refractivity contribution < 1.29 is 14.2 Å². The molecule has 0 radical (unpaired) electrons. The molecule has 3 nitrogen and oxygen atoms in total. The van der Waals surface area contributed by atoms with Gasteiger partial charge in [-0.2, -0.15) is 0 Å². The van der Waals surface area contributed by atoms with Crippen LogP contribution in [0.2, 0.25) is 0 Å². The minimum Gasteiger partial charge on any atom is -0.483 e. The molecule has 0 amide bonds. The Hall–Kier alpha value is -1.46. The van der Waals surface area contributed by atoms with Crippen molar-refractivity contribution in [2.75, 3.05) is 0 Å². The van der Waals surface area contributed by atoms with Gasteiger partial charge in [0.05, 0.1) is 17.2 Å². The molecule has 0 unspecified atom stereocenters. The lowest BCUT2D eigenvalue weighted by atomic mass is 9.91. The van der Waals surface area contributed by atoms with Gasteiger partial charge in [-0.15, -0.1) is 11.3 Å². The van der Waals surface area contributed by atoms with Gasteiger partial charge in [-0.25, -0.2) is 9.37 Å². The molecule has 0 saturated carbocycles. The molecule has 0 fully saturated rings. The normalized spacial score (nSPS) is 11.7. The zero-order chi connectivity index (χ0) is 14.8. The summed E-state index contributed by atoms with van der Waals surface area (Å²) >= 11 is 1.40. The SMILES string of the molecule is CC(C)(C)c1nc(COc2ccccc2F)sc1CO. The second-order valence-corrected chi connectivity index (χ2v) is 6.67. The van der Waals surface area contributed by atoms with E-state index in [1.165, 1.54) is 17.4 Å². The molecule has 0 spiro atoms. The topological polar surface area (TPSA) is 42.4 Å². The minimum absolute atomic E-state index is 0.0377. The fourth-order valence-corrected chi connectivity index (χ4v) is 2.91. The number of aromatic nitrogens is 1. The van der Waals surface area contributed by atoms with E-state index < -0.39 is 0 Å².